The van der Waals surface area contributed by atoms with Gasteiger partial charge in [-0.2, -0.15) is 13.2 Å². The van der Waals surface area contributed by atoms with Crippen molar-refractivity contribution in [1.82, 2.24) is 19.3 Å². The average molecular weight is 476 g/mol. The van der Waals surface area contributed by atoms with Crippen LogP contribution >= 0.6 is 0 Å². The molecule has 1 fully saturated rings. The summed E-state index contributed by atoms with van der Waals surface area (Å²) in [5, 5.41) is 0.787. The molecule has 0 saturated carbocycles. The molecule has 1 aliphatic heterocycles. The van der Waals surface area contributed by atoms with E-state index in [9.17, 15) is 26.7 Å². The van der Waals surface area contributed by atoms with Crippen molar-refractivity contribution >= 4 is 22.5 Å². The van der Waals surface area contributed by atoms with Gasteiger partial charge in [-0.15, -0.1) is 0 Å². The largest absolute Gasteiger partial charge is 0.466 e. The van der Waals surface area contributed by atoms with Crippen molar-refractivity contribution in [2.45, 2.75) is 24.6 Å². The van der Waals surface area contributed by atoms with E-state index in [1.807, 2.05) is 0 Å². The maximum Gasteiger partial charge on any atom is 0.417 e. The van der Waals surface area contributed by atoms with Gasteiger partial charge in [0, 0.05) is 43.0 Å². The molecule has 1 amide bonds. The molecule has 6 nitrogen and oxygen atoms in total. The van der Waals surface area contributed by atoms with E-state index in [1.165, 1.54) is 22.9 Å². The van der Waals surface area contributed by atoms with E-state index < -0.39 is 54.7 Å². The van der Waals surface area contributed by atoms with Gasteiger partial charge in [0.25, 0.3) is 11.8 Å². The van der Waals surface area contributed by atoms with Gasteiger partial charge in [0.2, 0.25) is 5.88 Å². The molecule has 4 heterocycles. The number of para-hydroxylation sites is 1. The Labute approximate surface area is 189 Å². The first-order valence-corrected chi connectivity index (χ1v) is 10.4. The highest BCUT2D eigenvalue weighted by Crippen LogP contribution is 2.36. The summed E-state index contributed by atoms with van der Waals surface area (Å²) in [7, 11) is 0. The maximum absolute atomic E-state index is 14.7. The zero-order chi connectivity index (χ0) is 24.1. The lowest BCUT2D eigenvalue weighted by Crippen LogP contribution is -2.55. The van der Waals surface area contributed by atoms with Crippen LogP contribution in [0.3, 0.4) is 0 Å². The van der Waals surface area contributed by atoms with Crippen LogP contribution < -0.4 is 4.74 Å². The molecule has 3 aromatic heterocycles. The first-order chi connectivity index (χ1) is 16.1. The van der Waals surface area contributed by atoms with Crippen LogP contribution in [0.4, 0.5) is 22.0 Å². The fourth-order valence-corrected chi connectivity index (χ4v) is 4.03. The number of fused-ring (bicyclic) bond motifs is 2. The zero-order valence-corrected chi connectivity index (χ0v) is 17.5. The number of rotatable bonds is 3. The predicted octanol–water partition coefficient (Wildman–Crippen LogP) is 4.83. The van der Waals surface area contributed by atoms with Crippen LogP contribution in [-0.4, -0.2) is 50.3 Å². The molecule has 1 atom stereocenters. The molecule has 0 aliphatic carbocycles. The number of halogens is 5. The maximum atomic E-state index is 14.7. The number of likely N-dealkylation sites (tertiary alicyclic amines) is 1. The molecule has 0 radical (unpaired) electrons. The summed E-state index contributed by atoms with van der Waals surface area (Å²) < 4.78 is 77.1. The molecule has 0 N–H and O–H groups in total. The molecule has 11 heteroatoms. The Hall–Kier alpha value is -3.76. The van der Waals surface area contributed by atoms with E-state index in [4.69, 9.17) is 4.74 Å². The number of nitrogens with zero attached hydrogens (tertiary/aromatic N) is 4. The highest BCUT2D eigenvalue weighted by atomic mass is 19.4. The molecule has 1 aliphatic rings. The Morgan fingerprint density at radius 1 is 1.09 bits per heavy atom. The Morgan fingerprint density at radius 2 is 1.88 bits per heavy atom. The minimum absolute atomic E-state index is 0.0657. The smallest absolute Gasteiger partial charge is 0.417 e. The minimum atomic E-state index is -4.83. The zero-order valence-electron chi connectivity index (χ0n) is 17.5. The SMILES string of the molecule is O=C(c1c(C(F)(F)F)ccn2ccnc12)N1CCC(F)(F)C(Oc2ccc3ccccc3n2)C1. The van der Waals surface area contributed by atoms with Crippen molar-refractivity contribution in [2.75, 3.05) is 13.1 Å². The minimum Gasteiger partial charge on any atom is -0.466 e. The highest BCUT2D eigenvalue weighted by molar-refractivity contribution is 6.01. The van der Waals surface area contributed by atoms with Crippen LogP contribution in [-0.2, 0) is 6.18 Å². The second-order valence-electron chi connectivity index (χ2n) is 7.97. The summed E-state index contributed by atoms with van der Waals surface area (Å²) in [5.74, 6) is -4.42. The van der Waals surface area contributed by atoms with E-state index in [1.54, 1.807) is 30.3 Å². The molecule has 176 valence electrons. The third-order valence-corrected chi connectivity index (χ3v) is 5.78. The number of hydrogen-bond donors (Lipinski definition) is 0. The fourth-order valence-electron chi connectivity index (χ4n) is 4.03. The molecule has 1 saturated heterocycles. The molecule has 1 unspecified atom stereocenters. The molecular weight excluding hydrogens is 459 g/mol. The number of carbonyl (C=O) groups is 1. The highest BCUT2D eigenvalue weighted by Gasteiger charge is 2.48. The van der Waals surface area contributed by atoms with E-state index in [0.717, 1.165) is 22.5 Å². The number of piperidine rings is 1. The molecule has 0 bridgehead atoms. The van der Waals surface area contributed by atoms with E-state index in [-0.39, 0.29) is 11.5 Å². The van der Waals surface area contributed by atoms with Crippen LogP contribution in [0.25, 0.3) is 16.6 Å². The van der Waals surface area contributed by atoms with Gasteiger partial charge in [0.05, 0.1) is 23.2 Å². The number of carbonyl (C=O) groups excluding carboxylic acids is 1. The van der Waals surface area contributed by atoms with Gasteiger partial charge in [-0.25, -0.2) is 18.7 Å². The van der Waals surface area contributed by atoms with Gasteiger partial charge >= 0.3 is 6.18 Å². The first kappa shape index (κ1) is 22.1. The molecule has 4 aromatic rings. The fraction of sp³-hybridized carbons (Fsp3) is 0.261. The second kappa shape index (κ2) is 7.93. The standard InChI is InChI=1S/C23H17F5N4O2/c24-22(25)8-11-32(13-17(22)34-18-6-5-14-3-1-2-4-16(14)30-18)21(33)19-15(23(26,27)28)7-10-31-12-9-29-20(19)31/h1-7,9-10,12,17H,8,11,13H2. The Kier molecular flexibility index (Phi) is 5.14. The van der Waals surface area contributed by atoms with E-state index in [2.05, 4.69) is 9.97 Å². The molecular formula is C23H17F5N4O2. The van der Waals surface area contributed by atoms with Crippen LogP contribution in [0.1, 0.15) is 22.3 Å². The Morgan fingerprint density at radius 3 is 2.68 bits per heavy atom. The van der Waals surface area contributed by atoms with Gasteiger partial charge in [-0.3, -0.25) is 4.79 Å². The Balaban J connectivity index is 1.46. The van der Waals surface area contributed by atoms with Gasteiger partial charge in [0.15, 0.2) is 6.10 Å². The second-order valence-corrected chi connectivity index (χ2v) is 7.97. The number of benzene rings is 1. The summed E-state index contributed by atoms with van der Waals surface area (Å²) in [6.07, 6.45) is -3.59. The van der Waals surface area contributed by atoms with Crippen LogP contribution in [0.15, 0.2) is 61.1 Å². The van der Waals surface area contributed by atoms with Crippen LogP contribution in [0.5, 0.6) is 5.88 Å². The summed E-state index contributed by atoms with van der Waals surface area (Å²) in [4.78, 5) is 22.3. The lowest BCUT2D eigenvalue weighted by atomic mass is 10.0. The topological polar surface area (TPSA) is 59.7 Å². The number of hydrogen-bond acceptors (Lipinski definition) is 4. The van der Waals surface area contributed by atoms with Crippen molar-refractivity contribution in [3.05, 3.63) is 72.2 Å². The van der Waals surface area contributed by atoms with Gasteiger partial charge in [0.1, 0.15) is 5.65 Å². The van der Waals surface area contributed by atoms with Crippen molar-refractivity contribution in [1.29, 1.82) is 0 Å². The van der Waals surface area contributed by atoms with Gasteiger partial charge in [-0.05, 0) is 18.2 Å². The summed E-state index contributed by atoms with van der Waals surface area (Å²) in [6.45, 7) is -1.05. The summed E-state index contributed by atoms with van der Waals surface area (Å²) in [6, 6.07) is 10.9. The van der Waals surface area contributed by atoms with Crippen molar-refractivity contribution in [3.8, 4) is 5.88 Å². The van der Waals surface area contributed by atoms with Crippen molar-refractivity contribution < 1.29 is 31.5 Å². The van der Waals surface area contributed by atoms with Crippen LogP contribution in [0, 0.1) is 0 Å². The number of aromatic nitrogens is 3. The molecule has 0 spiro atoms. The monoisotopic (exact) mass is 476 g/mol. The molecule has 34 heavy (non-hydrogen) atoms. The van der Waals surface area contributed by atoms with Crippen molar-refractivity contribution in [3.63, 3.8) is 0 Å². The first-order valence-electron chi connectivity index (χ1n) is 10.4. The number of alkyl halides is 5. The third kappa shape index (κ3) is 3.91. The quantitative estimate of drug-likeness (QED) is 0.398. The summed E-state index contributed by atoms with van der Waals surface area (Å²) in [5.41, 5.74) is -1.53. The molecule has 1 aromatic carbocycles. The number of amides is 1. The molecule has 5 rings (SSSR count). The van der Waals surface area contributed by atoms with Gasteiger partial charge < -0.3 is 14.0 Å². The normalized spacial score (nSPS) is 18.4. The van der Waals surface area contributed by atoms with E-state index >= 15 is 0 Å². The lowest BCUT2D eigenvalue weighted by molar-refractivity contribution is -0.139. The number of imidazole rings is 1. The Bertz CT molecular complexity index is 1380. The van der Waals surface area contributed by atoms with Crippen molar-refractivity contribution in [2.24, 2.45) is 0 Å². The summed E-state index contributed by atoms with van der Waals surface area (Å²) >= 11 is 0. The van der Waals surface area contributed by atoms with E-state index in [0.29, 0.717) is 5.52 Å². The third-order valence-electron chi connectivity index (χ3n) is 5.78. The van der Waals surface area contributed by atoms with Gasteiger partial charge in [-0.1, -0.05) is 18.2 Å². The number of pyridine rings is 2. The average Bonchev–Trinajstić information content (AvgIpc) is 3.27. The predicted molar refractivity (Wildman–Crippen MR) is 112 cm³/mol. The lowest BCUT2D eigenvalue weighted by Gasteiger charge is -2.38. The van der Waals surface area contributed by atoms with Crippen LogP contribution in [0.2, 0.25) is 0 Å². The number of ether oxygens (including phenoxy) is 1.